The predicted molar refractivity (Wildman–Crippen MR) is 107 cm³/mol. The fraction of sp³-hybridized carbons (Fsp3) is 0.0556. The molecule has 0 saturated carbocycles. The van der Waals surface area contributed by atoms with Gasteiger partial charge in [-0.05, 0) is 66.3 Å². The molecule has 25 heavy (non-hydrogen) atoms. The first-order valence-corrected chi connectivity index (χ1v) is 9.13. The number of nitrogens with zero attached hydrogens (tertiary/aromatic N) is 2. The van der Waals surface area contributed by atoms with Crippen molar-refractivity contribution in [1.82, 2.24) is 15.3 Å². The number of benzene rings is 1. The van der Waals surface area contributed by atoms with Gasteiger partial charge in [0.1, 0.15) is 5.03 Å². The molecule has 0 unspecified atom stereocenters. The first-order chi connectivity index (χ1) is 12.2. The second-order valence-electron chi connectivity index (χ2n) is 5.08. The van der Waals surface area contributed by atoms with E-state index in [-0.39, 0.29) is 0 Å². The molecule has 0 fully saturated rings. The molecule has 2 aromatic heterocycles. The molecule has 0 aliphatic rings. The zero-order chi connectivity index (χ0) is 17.5. The smallest absolute Gasteiger partial charge is 0.171 e. The Morgan fingerprint density at radius 3 is 2.56 bits per heavy atom. The van der Waals surface area contributed by atoms with Gasteiger partial charge < -0.3 is 10.6 Å². The molecule has 7 heteroatoms. The highest BCUT2D eigenvalue weighted by Gasteiger charge is 2.07. The van der Waals surface area contributed by atoms with Crippen molar-refractivity contribution >= 4 is 46.4 Å². The SMILES string of the molecule is S=C(NCc1ccncc1)Nc1cccnc1Sc1ccc(Cl)cc1. The van der Waals surface area contributed by atoms with Crippen LogP contribution in [0.2, 0.25) is 5.02 Å². The van der Waals surface area contributed by atoms with Gasteiger partial charge in [-0.25, -0.2) is 4.98 Å². The van der Waals surface area contributed by atoms with Crippen LogP contribution in [0, 0.1) is 0 Å². The Labute approximate surface area is 161 Å². The van der Waals surface area contributed by atoms with Gasteiger partial charge >= 0.3 is 0 Å². The lowest BCUT2D eigenvalue weighted by Crippen LogP contribution is -2.28. The van der Waals surface area contributed by atoms with Crippen LogP contribution in [0.3, 0.4) is 0 Å². The van der Waals surface area contributed by atoms with Gasteiger partial charge in [0, 0.05) is 35.1 Å². The first-order valence-electron chi connectivity index (χ1n) is 7.53. The molecule has 0 radical (unpaired) electrons. The molecule has 4 nitrogen and oxygen atoms in total. The number of rotatable bonds is 5. The lowest BCUT2D eigenvalue weighted by atomic mass is 10.3. The minimum Gasteiger partial charge on any atom is -0.358 e. The highest BCUT2D eigenvalue weighted by Crippen LogP contribution is 2.32. The molecule has 0 aliphatic heterocycles. The van der Waals surface area contributed by atoms with Crippen molar-refractivity contribution < 1.29 is 0 Å². The van der Waals surface area contributed by atoms with Crippen LogP contribution in [0.15, 0.2) is 77.0 Å². The van der Waals surface area contributed by atoms with Crippen LogP contribution in [0.4, 0.5) is 5.69 Å². The van der Waals surface area contributed by atoms with Gasteiger partial charge in [0.05, 0.1) is 5.69 Å². The third-order valence-corrected chi connectivity index (χ3v) is 4.77. The molecule has 1 aromatic carbocycles. The van der Waals surface area contributed by atoms with E-state index >= 15 is 0 Å². The maximum absolute atomic E-state index is 5.93. The number of hydrogen-bond donors (Lipinski definition) is 2. The average molecular weight is 387 g/mol. The van der Waals surface area contributed by atoms with E-state index in [1.807, 2.05) is 48.5 Å². The van der Waals surface area contributed by atoms with Gasteiger partial charge in [-0.1, -0.05) is 23.4 Å². The van der Waals surface area contributed by atoms with E-state index in [4.69, 9.17) is 23.8 Å². The fourth-order valence-corrected chi connectivity index (χ4v) is 3.18. The maximum atomic E-state index is 5.93. The van der Waals surface area contributed by atoms with Crippen molar-refractivity contribution in [3.63, 3.8) is 0 Å². The van der Waals surface area contributed by atoms with Gasteiger partial charge in [0.2, 0.25) is 0 Å². The largest absolute Gasteiger partial charge is 0.358 e. The van der Waals surface area contributed by atoms with Gasteiger partial charge in [-0.15, -0.1) is 0 Å². The topological polar surface area (TPSA) is 49.8 Å². The van der Waals surface area contributed by atoms with E-state index < -0.39 is 0 Å². The minimum absolute atomic E-state index is 0.544. The Morgan fingerprint density at radius 1 is 1.04 bits per heavy atom. The molecule has 2 heterocycles. The number of aromatic nitrogens is 2. The predicted octanol–water partition coefficient (Wildman–Crippen LogP) is 4.77. The van der Waals surface area contributed by atoms with Crippen LogP contribution in [-0.4, -0.2) is 15.1 Å². The summed E-state index contributed by atoms with van der Waals surface area (Å²) in [5, 5.41) is 8.49. The summed E-state index contributed by atoms with van der Waals surface area (Å²) in [6.45, 7) is 0.633. The monoisotopic (exact) mass is 386 g/mol. The molecule has 3 aromatic rings. The molecule has 126 valence electrons. The summed E-state index contributed by atoms with van der Waals surface area (Å²) in [7, 11) is 0. The van der Waals surface area contributed by atoms with Crippen molar-refractivity contribution in [3.05, 3.63) is 77.7 Å². The molecule has 3 rings (SSSR count). The lowest BCUT2D eigenvalue weighted by molar-refractivity contribution is 0.920. The Morgan fingerprint density at radius 2 is 1.80 bits per heavy atom. The Hall–Kier alpha value is -2.15. The van der Waals surface area contributed by atoms with E-state index in [1.165, 1.54) is 0 Å². The summed E-state index contributed by atoms with van der Waals surface area (Å²) in [5.41, 5.74) is 1.97. The van der Waals surface area contributed by atoms with Crippen molar-refractivity contribution in [2.24, 2.45) is 0 Å². The van der Waals surface area contributed by atoms with E-state index in [0.717, 1.165) is 21.2 Å². The van der Waals surface area contributed by atoms with Gasteiger partial charge in [-0.3, -0.25) is 4.98 Å². The third kappa shape index (κ3) is 5.42. The Balaban J connectivity index is 1.64. The quantitative estimate of drug-likeness (QED) is 0.616. The van der Waals surface area contributed by atoms with Crippen molar-refractivity contribution in [3.8, 4) is 0 Å². The van der Waals surface area contributed by atoms with Gasteiger partial charge in [-0.2, -0.15) is 0 Å². The molecule has 2 N–H and O–H groups in total. The van der Waals surface area contributed by atoms with Crippen LogP contribution < -0.4 is 10.6 Å². The van der Waals surface area contributed by atoms with E-state index in [1.54, 1.807) is 30.4 Å². The highest BCUT2D eigenvalue weighted by molar-refractivity contribution is 7.99. The zero-order valence-corrected chi connectivity index (χ0v) is 15.5. The average Bonchev–Trinajstić information content (AvgIpc) is 2.64. The van der Waals surface area contributed by atoms with Gasteiger partial charge in [0.15, 0.2) is 5.11 Å². The van der Waals surface area contributed by atoms with E-state index in [2.05, 4.69) is 20.6 Å². The van der Waals surface area contributed by atoms with E-state index in [0.29, 0.717) is 16.7 Å². The molecule has 0 spiro atoms. The van der Waals surface area contributed by atoms with Crippen LogP contribution in [-0.2, 0) is 6.54 Å². The van der Waals surface area contributed by atoms with Crippen LogP contribution >= 0.6 is 35.6 Å². The summed E-state index contributed by atoms with van der Waals surface area (Å²) < 4.78 is 0. The summed E-state index contributed by atoms with van der Waals surface area (Å²) in [4.78, 5) is 9.50. The number of thiocarbonyl (C=S) groups is 1. The normalized spacial score (nSPS) is 10.3. The second kappa shape index (κ2) is 8.80. The molecule has 0 aliphatic carbocycles. The molecule has 0 bridgehead atoms. The van der Waals surface area contributed by atoms with Crippen molar-refractivity contribution in [2.45, 2.75) is 16.5 Å². The van der Waals surface area contributed by atoms with Crippen LogP contribution in [0.1, 0.15) is 5.56 Å². The zero-order valence-electron chi connectivity index (χ0n) is 13.1. The number of anilines is 1. The third-order valence-electron chi connectivity index (χ3n) is 3.25. The molecule has 0 atom stereocenters. The van der Waals surface area contributed by atoms with Crippen LogP contribution in [0.25, 0.3) is 0 Å². The minimum atomic E-state index is 0.544. The van der Waals surface area contributed by atoms with E-state index in [9.17, 15) is 0 Å². The summed E-state index contributed by atoms with van der Waals surface area (Å²) in [6.07, 6.45) is 5.28. The van der Waals surface area contributed by atoms with Gasteiger partial charge in [0.25, 0.3) is 0 Å². The molecular weight excluding hydrogens is 372 g/mol. The molecule has 0 saturated heterocycles. The Bertz CT molecular complexity index is 841. The highest BCUT2D eigenvalue weighted by atomic mass is 35.5. The number of pyridine rings is 2. The number of hydrogen-bond acceptors (Lipinski definition) is 4. The second-order valence-corrected chi connectivity index (χ2v) is 6.98. The number of nitrogens with one attached hydrogen (secondary N) is 2. The number of halogens is 1. The van der Waals surface area contributed by atoms with Crippen molar-refractivity contribution in [2.75, 3.05) is 5.32 Å². The first kappa shape index (κ1) is 17.7. The summed E-state index contributed by atoms with van der Waals surface area (Å²) in [6, 6.07) is 15.4. The maximum Gasteiger partial charge on any atom is 0.171 e. The Kier molecular flexibility index (Phi) is 6.22. The fourth-order valence-electron chi connectivity index (χ4n) is 2.03. The molecular formula is C18H15ClN4S2. The standard InChI is InChI=1S/C18H15ClN4S2/c19-14-3-5-15(6-4-14)25-17-16(2-1-9-21-17)23-18(24)22-12-13-7-10-20-11-8-13/h1-11H,12H2,(H2,22,23,24). The molecule has 0 amide bonds. The summed E-state index contributed by atoms with van der Waals surface area (Å²) >= 11 is 12.9. The van der Waals surface area contributed by atoms with Crippen LogP contribution in [0.5, 0.6) is 0 Å². The van der Waals surface area contributed by atoms with Crippen molar-refractivity contribution in [1.29, 1.82) is 0 Å². The summed E-state index contributed by atoms with van der Waals surface area (Å²) in [5.74, 6) is 0. The lowest BCUT2D eigenvalue weighted by Gasteiger charge is -2.13.